The van der Waals surface area contributed by atoms with Crippen LogP contribution in [-0.4, -0.2) is 28.8 Å². The summed E-state index contributed by atoms with van der Waals surface area (Å²) in [5.41, 5.74) is 0.910. The number of carbonyl (C=O) groups is 1. The van der Waals surface area contributed by atoms with Crippen molar-refractivity contribution >= 4 is 23.1 Å². The number of anilines is 1. The van der Waals surface area contributed by atoms with Gasteiger partial charge in [0.2, 0.25) is 0 Å². The predicted molar refractivity (Wildman–Crippen MR) is 69.5 cm³/mol. The van der Waals surface area contributed by atoms with E-state index >= 15 is 0 Å². The number of aromatic nitrogens is 2. The first-order valence-electron chi connectivity index (χ1n) is 5.85. The lowest BCUT2D eigenvalue weighted by atomic mass is 10.2. The summed E-state index contributed by atoms with van der Waals surface area (Å²) in [5.74, 6) is 0.427. The van der Waals surface area contributed by atoms with Gasteiger partial charge in [-0.3, -0.25) is 9.89 Å². The number of ether oxygens (including phenoxy) is 1. The van der Waals surface area contributed by atoms with Crippen LogP contribution in [0.4, 0.5) is 5.82 Å². The fraction of sp³-hybridized carbons (Fsp3) is 0.333. The maximum absolute atomic E-state index is 11.8. The minimum absolute atomic E-state index is 0.114. The summed E-state index contributed by atoms with van der Waals surface area (Å²) >= 11 is 1.62. The van der Waals surface area contributed by atoms with Crippen LogP contribution in [0, 0.1) is 0 Å². The summed E-state index contributed by atoms with van der Waals surface area (Å²) in [5, 5.41) is 11.8. The highest BCUT2D eigenvalue weighted by atomic mass is 32.1. The van der Waals surface area contributed by atoms with E-state index in [1.807, 2.05) is 23.6 Å². The largest absolute Gasteiger partial charge is 0.368 e. The first kappa shape index (κ1) is 11.4. The Morgan fingerprint density at radius 2 is 2.56 bits per heavy atom. The molecule has 2 aromatic rings. The van der Waals surface area contributed by atoms with Gasteiger partial charge >= 0.3 is 0 Å². The standard InChI is InChI=1S/C12H13N3O2S/c16-12(9-3-1-5-17-9)13-11-7-8(14-15-11)10-4-2-6-18-10/h2,4,6-7,9H,1,3,5H2,(H2,13,14,15,16). The molecule has 2 aromatic heterocycles. The summed E-state index contributed by atoms with van der Waals surface area (Å²) in [6, 6.07) is 5.81. The van der Waals surface area contributed by atoms with Gasteiger partial charge in [0.1, 0.15) is 6.10 Å². The van der Waals surface area contributed by atoms with E-state index in [0.29, 0.717) is 12.4 Å². The van der Waals surface area contributed by atoms with E-state index in [2.05, 4.69) is 15.5 Å². The molecule has 2 N–H and O–H groups in total. The van der Waals surface area contributed by atoms with E-state index < -0.39 is 0 Å². The highest BCUT2D eigenvalue weighted by Gasteiger charge is 2.24. The first-order chi connectivity index (χ1) is 8.83. The zero-order valence-electron chi connectivity index (χ0n) is 9.68. The molecule has 0 aliphatic carbocycles. The summed E-state index contributed by atoms with van der Waals surface area (Å²) < 4.78 is 5.32. The molecule has 1 unspecified atom stereocenters. The van der Waals surface area contributed by atoms with Gasteiger partial charge in [-0.05, 0) is 24.3 Å². The van der Waals surface area contributed by atoms with Crippen molar-refractivity contribution in [3.8, 4) is 10.6 Å². The molecule has 1 fully saturated rings. The molecule has 18 heavy (non-hydrogen) atoms. The van der Waals surface area contributed by atoms with E-state index in [0.717, 1.165) is 23.4 Å². The Bertz CT molecular complexity index is 529. The Labute approximate surface area is 108 Å². The smallest absolute Gasteiger partial charge is 0.254 e. The van der Waals surface area contributed by atoms with E-state index in [-0.39, 0.29) is 12.0 Å². The topological polar surface area (TPSA) is 67.0 Å². The Morgan fingerprint density at radius 1 is 1.61 bits per heavy atom. The molecule has 0 spiro atoms. The van der Waals surface area contributed by atoms with E-state index in [1.54, 1.807) is 11.3 Å². The van der Waals surface area contributed by atoms with Crippen LogP contribution in [0.1, 0.15) is 12.8 Å². The highest BCUT2D eigenvalue weighted by Crippen LogP contribution is 2.24. The number of thiophene rings is 1. The van der Waals surface area contributed by atoms with Crippen molar-refractivity contribution in [2.24, 2.45) is 0 Å². The van der Waals surface area contributed by atoms with Crippen LogP contribution in [0.5, 0.6) is 0 Å². The summed E-state index contributed by atoms with van der Waals surface area (Å²) in [4.78, 5) is 12.9. The molecule has 3 rings (SSSR count). The van der Waals surface area contributed by atoms with Crippen LogP contribution in [0.15, 0.2) is 23.6 Å². The van der Waals surface area contributed by atoms with Gasteiger partial charge in [0.25, 0.3) is 5.91 Å². The molecule has 1 aliphatic rings. The molecule has 0 saturated carbocycles. The van der Waals surface area contributed by atoms with Crippen molar-refractivity contribution in [2.45, 2.75) is 18.9 Å². The van der Waals surface area contributed by atoms with E-state index in [9.17, 15) is 4.79 Å². The van der Waals surface area contributed by atoms with Gasteiger partial charge in [-0.25, -0.2) is 0 Å². The number of nitrogens with one attached hydrogen (secondary N) is 2. The van der Waals surface area contributed by atoms with Gasteiger partial charge in [-0.2, -0.15) is 5.10 Å². The minimum Gasteiger partial charge on any atom is -0.368 e. The van der Waals surface area contributed by atoms with Gasteiger partial charge in [0.15, 0.2) is 5.82 Å². The lowest BCUT2D eigenvalue weighted by Crippen LogP contribution is -2.26. The lowest BCUT2D eigenvalue weighted by Gasteiger charge is -2.07. The second-order valence-electron chi connectivity index (χ2n) is 4.14. The number of rotatable bonds is 3. The monoisotopic (exact) mass is 263 g/mol. The molecule has 1 aliphatic heterocycles. The summed E-state index contributed by atoms with van der Waals surface area (Å²) in [6.07, 6.45) is 1.40. The maximum Gasteiger partial charge on any atom is 0.254 e. The molecule has 3 heterocycles. The van der Waals surface area contributed by atoms with Crippen molar-refractivity contribution < 1.29 is 9.53 Å². The molecular formula is C12H13N3O2S. The van der Waals surface area contributed by atoms with Gasteiger partial charge in [0.05, 0.1) is 10.6 Å². The summed E-state index contributed by atoms with van der Waals surface area (Å²) in [7, 11) is 0. The van der Waals surface area contributed by atoms with Crippen LogP contribution in [0.2, 0.25) is 0 Å². The molecule has 0 radical (unpaired) electrons. The summed E-state index contributed by atoms with van der Waals surface area (Å²) in [6.45, 7) is 0.666. The average molecular weight is 263 g/mol. The number of aromatic amines is 1. The third-order valence-electron chi connectivity index (χ3n) is 2.84. The number of hydrogen-bond donors (Lipinski definition) is 2. The fourth-order valence-electron chi connectivity index (χ4n) is 1.93. The highest BCUT2D eigenvalue weighted by molar-refractivity contribution is 7.13. The Balaban J connectivity index is 1.68. The van der Waals surface area contributed by atoms with Crippen LogP contribution >= 0.6 is 11.3 Å². The van der Waals surface area contributed by atoms with Crippen LogP contribution in [-0.2, 0) is 9.53 Å². The van der Waals surface area contributed by atoms with Crippen molar-refractivity contribution in [3.63, 3.8) is 0 Å². The number of carbonyl (C=O) groups excluding carboxylic acids is 1. The Morgan fingerprint density at radius 3 is 3.28 bits per heavy atom. The molecule has 1 amide bonds. The minimum atomic E-state index is -0.327. The van der Waals surface area contributed by atoms with Gasteiger partial charge < -0.3 is 10.1 Å². The van der Waals surface area contributed by atoms with Crippen molar-refractivity contribution in [1.82, 2.24) is 10.2 Å². The zero-order valence-corrected chi connectivity index (χ0v) is 10.5. The quantitative estimate of drug-likeness (QED) is 0.892. The predicted octanol–water partition coefficient (Wildman–Crippen LogP) is 2.26. The SMILES string of the molecule is O=C(Nc1cc(-c2cccs2)[nH]n1)C1CCCO1. The molecule has 1 atom stereocenters. The van der Waals surface area contributed by atoms with Gasteiger partial charge in [-0.15, -0.1) is 11.3 Å². The third-order valence-corrected chi connectivity index (χ3v) is 3.74. The van der Waals surface area contributed by atoms with E-state index in [1.165, 1.54) is 0 Å². The number of amides is 1. The average Bonchev–Trinajstić information content (AvgIpc) is 3.12. The lowest BCUT2D eigenvalue weighted by molar-refractivity contribution is -0.124. The normalized spacial score (nSPS) is 19.0. The van der Waals surface area contributed by atoms with Crippen molar-refractivity contribution in [1.29, 1.82) is 0 Å². The number of hydrogen-bond acceptors (Lipinski definition) is 4. The maximum atomic E-state index is 11.8. The molecular weight excluding hydrogens is 250 g/mol. The molecule has 94 valence electrons. The van der Waals surface area contributed by atoms with Crippen molar-refractivity contribution in [2.75, 3.05) is 11.9 Å². The first-order valence-corrected chi connectivity index (χ1v) is 6.72. The fourth-order valence-corrected chi connectivity index (χ4v) is 2.63. The number of H-pyrrole nitrogens is 1. The zero-order chi connectivity index (χ0) is 12.4. The molecule has 0 bridgehead atoms. The third kappa shape index (κ3) is 2.30. The van der Waals surface area contributed by atoms with Gasteiger partial charge in [0, 0.05) is 12.7 Å². The van der Waals surface area contributed by atoms with Crippen LogP contribution < -0.4 is 5.32 Å². The Hall–Kier alpha value is -1.66. The molecule has 6 heteroatoms. The Kier molecular flexibility index (Phi) is 3.12. The van der Waals surface area contributed by atoms with Crippen LogP contribution in [0.3, 0.4) is 0 Å². The van der Waals surface area contributed by atoms with Crippen LogP contribution in [0.25, 0.3) is 10.6 Å². The second-order valence-corrected chi connectivity index (χ2v) is 5.08. The number of nitrogens with zero attached hydrogens (tertiary/aromatic N) is 1. The molecule has 0 aromatic carbocycles. The second kappa shape index (κ2) is 4.91. The van der Waals surface area contributed by atoms with Gasteiger partial charge in [-0.1, -0.05) is 6.07 Å². The molecule has 1 saturated heterocycles. The van der Waals surface area contributed by atoms with Crippen molar-refractivity contribution in [3.05, 3.63) is 23.6 Å². The molecule has 5 nitrogen and oxygen atoms in total. The van der Waals surface area contributed by atoms with E-state index in [4.69, 9.17) is 4.74 Å².